The normalized spacial score (nSPS) is 17.5. The van der Waals surface area contributed by atoms with Crippen LogP contribution in [-0.2, 0) is 30.3 Å². The molecule has 1 heterocycles. The minimum absolute atomic E-state index is 0. The van der Waals surface area contributed by atoms with Crippen LogP contribution >= 0.6 is 0 Å². The molecule has 1 saturated heterocycles. The molecule has 0 spiro atoms. The van der Waals surface area contributed by atoms with Gasteiger partial charge in [0.1, 0.15) is 5.54 Å². The van der Waals surface area contributed by atoms with Crippen LogP contribution in [0.25, 0.3) is 5.32 Å². The zero-order valence-electron chi connectivity index (χ0n) is 31.5. The number of nitrogens with two attached hydrogens (primary N) is 3. The second kappa shape index (κ2) is 24.9. The van der Waals surface area contributed by atoms with Crippen LogP contribution in [0.3, 0.4) is 0 Å². The van der Waals surface area contributed by atoms with Crippen molar-refractivity contribution in [2.75, 3.05) is 33.3 Å². The predicted molar refractivity (Wildman–Crippen MR) is 195 cm³/mol. The maximum atomic E-state index is 13.0. The Balaban J connectivity index is 0.00000110. The molecule has 12 nitrogen and oxygen atoms in total. The molecule has 3 amide bonds. The fraction of sp³-hybridized carbons (Fsp3) is 0.568. The molecule has 274 valence electrons. The summed E-state index contributed by atoms with van der Waals surface area (Å²) in [5.74, 6) is -1.02. The van der Waals surface area contributed by atoms with E-state index in [4.69, 9.17) is 22.5 Å². The Labute approximate surface area is 342 Å². The molecular formula is C37H60KN7O5. The summed E-state index contributed by atoms with van der Waals surface area (Å²) in [5.41, 5.74) is 17.7. The van der Waals surface area contributed by atoms with E-state index >= 15 is 0 Å². The van der Waals surface area contributed by atoms with Crippen molar-refractivity contribution < 1.29 is 75.3 Å². The van der Waals surface area contributed by atoms with Gasteiger partial charge in [-0.15, -0.1) is 0 Å². The molecule has 2 aromatic rings. The van der Waals surface area contributed by atoms with Gasteiger partial charge in [0, 0.05) is 19.6 Å². The monoisotopic (exact) mass is 721 g/mol. The Morgan fingerprint density at radius 3 is 2.06 bits per heavy atom. The van der Waals surface area contributed by atoms with Crippen LogP contribution in [0.15, 0.2) is 60.7 Å². The number of likely N-dealkylation sites (tertiary alicyclic amines) is 1. The van der Waals surface area contributed by atoms with Crippen LogP contribution < -0.4 is 79.2 Å². The molecule has 1 aliphatic rings. The van der Waals surface area contributed by atoms with Gasteiger partial charge >= 0.3 is 57.4 Å². The molecule has 3 rings (SSSR count). The van der Waals surface area contributed by atoms with Crippen LogP contribution in [0.4, 0.5) is 0 Å². The first-order valence-corrected chi connectivity index (χ1v) is 17.1. The molecule has 50 heavy (non-hydrogen) atoms. The molecule has 8 N–H and O–H groups in total. The van der Waals surface area contributed by atoms with Crippen molar-refractivity contribution in [1.29, 1.82) is 0 Å². The second-order valence-corrected chi connectivity index (χ2v) is 13.4. The van der Waals surface area contributed by atoms with Gasteiger partial charge in [0.15, 0.2) is 0 Å². The number of nitrogens with one attached hydrogen (secondary N) is 2. The smallest absolute Gasteiger partial charge is 0.631 e. The van der Waals surface area contributed by atoms with Crippen LogP contribution in [-0.4, -0.2) is 86.2 Å². The topological polar surface area (TPSA) is 197 Å². The number of amides is 3. The summed E-state index contributed by atoms with van der Waals surface area (Å²) in [4.78, 5) is 48.7. The minimum Gasteiger partial charge on any atom is -0.631 e. The van der Waals surface area contributed by atoms with E-state index in [1.807, 2.05) is 95.3 Å². The van der Waals surface area contributed by atoms with E-state index < -0.39 is 35.2 Å². The number of esters is 1. The Morgan fingerprint density at radius 2 is 1.62 bits per heavy atom. The fourth-order valence-corrected chi connectivity index (χ4v) is 5.09. The van der Waals surface area contributed by atoms with E-state index in [9.17, 15) is 19.2 Å². The van der Waals surface area contributed by atoms with Gasteiger partial charge in [-0.1, -0.05) is 108 Å². The Hall–Kier alpha value is -2.20. The van der Waals surface area contributed by atoms with Crippen LogP contribution in [0.1, 0.15) is 77.8 Å². The number of benzene rings is 2. The van der Waals surface area contributed by atoms with E-state index in [1.165, 1.54) is 24.9 Å². The van der Waals surface area contributed by atoms with Crippen molar-refractivity contribution in [3.63, 3.8) is 0 Å². The molecule has 0 aromatic heterocycles. The van der Waals surface area contributed by atoms with Gasteiger partial charge < -0.3 is 42.8 Å². The molecule has 1 fully saturated rings. The Kier molecular flexibility index (Phi) is 23.8. The van der Waals surface area contributed by atoms with E-state index in [2.05, 4.69) is 22.3 Å². The molecule has 13 heteroatoms. The number of hydrogen-bond acceptors (Lipinski definition) is 8. The predicted octanol–water partition coefficient (Wildman–Crippen LogP) is 0.195. The zero-order valence-corrected chi connectivity index (χ0v) is 34.6. The number of likely N-dealkylation sites (N-methyl/N-ethyl adjacent to an activating group) is 1. The van der Waals surface area contributed by atoms with Gasteiger partial charge in [-0.2, -0.15) is 0 Å². The van der Waals surface area contributed by atoms with Gasteiger partial charge in [-0.3, -0.25) is 14.4 Å². The molecule has 0 saturated carbocycles. The molecule has 4 unspecified atom stereocenters. The number of methoxy groups -OCH3 is 1. The summed E-state index contributed by atoms with van der Waals surface area (Å²) in [6.07, 6.45) is 3.38. The second-order valence-electron chi connectivity index (χ2n) is 13.4. The summed E-state index contributed by atoms with van der Waals surface area (Å²) >= 11 is 0. The van der Waals surface area contributed by atoms with Crippen molar-refractivity contribution in [2.45, 2.75) is 96.9 Å². The summed E-state index contributed by atoms with van der Waals surface area (Å²) in [6.45, 7) is 14.1. The molecule has 0 bridgehead atoms. The fourth-order valence-electron chi connectivity index (χ4n) is 5.09. The summed E-state index contributed by atoms with van der Waals surface area (Å²) < 4.78 is 4.52. The number of unbranched alkanes of at least 4 members (excludes halogenated alkanes) is 1. The number of carbonyl (C=O) groups excluding carboxylic acids is 4. The van der Waals surface area contributed by atoms with Gasteiger partial charge in [0.25, 0.3) is 0 Å². The van der Waals surface area contributed by atoms with Crippen molar-refractivity contribution >= 4 is 24.2 Å². The molecule has 0 aliphatic carbocycles. The third-order valence-corrected chi connectivity index (χ3v) is 8.08. The van der Waals surface area contributed by atoms with Gasteiger partial charge in [0.05, 0.1) is 13.2 Å². The van der Waals surface area contributed by atoms with E-state index in [0.29, 0.717) is 32.3 Å². The minimum atomic E-state index is -0.990. The largest absolute Gasteiger partial charge is 1.00 e. The summed E-state index contributed by atoms with van der Waals surface area (Å²) in [5, 5.41) is 10.8. The average Bonchev–Trinajstić information content (AvgIpc) is 3.49. The summed E-state index contributed by atoms with van der Waals surface area (Å²) in [7, 11) is 1.29. The Bertz CT molecular complexity index is 1260. The number of hydrogen-bond donors (Lipinski definition) is 5. The van der Waals surface area contributed by atoms with Crippen molar-refractivity contribution in [1.82, 2.24) is 15.5 Å². The third kappa shape index (κ3) is 16.9. The van der Waals surface area contributed by atoms with Crippen molar-refractivity contribution in [3.8, 4) is 0 Å². The van der Waals surface area contributed by atoms with Gasteiger partial charge in [-0.05, 0) is 61.2 Å². The maximum absolute atomic E-state index is 13.0. The van der Waals surface area contributed by atoms with E-state index in [0.717, 1.165) is 17.7 Å². The quantitative estimate of drug-likeness (QED) is 0.104. The molecular weight excluding hydrogens is 662 g/mol. The number of rotatable bonds is 14. The van der Waals surface area contributed by atoms with Crippen molar-refractivity contribution in [3.05, 3.63) is 77.1 Å². The first kappa shape index (κ1) is 47.8. The number of nitrogens with zero attached hydrogens (tertiary/aromatic N) is 2. The van der Waals surface area contributed by atoms with Crippen LogP contribution in [0.5, 0.6) is 0 Å². The van der Waals surface area contributed by atoms with Crippen LogP contribution in [0.2, 0.25) is 0 Å². The first-order chi connectivity index (χ1) is 23.2. The number of carbonyl (C=O) groups is 4. The Morgan fingerprint density at radius 1 is 1.04 bits per heavy atom. The molecule has 5 atom stereocenters. The van der Waals surface area contributed by atoms with E-state index in [-0.39, 0.29) is 75.7 Å². The standard InChI is InChI=1S/C26H37N4O2.C7H12N2O3.C4H11N.K/c1-6-28-25(32)22(26(3,4)5)29-23(18(2)20-15-11-8-12-16-20)30-24(31)21(27)17-19-13-9-7-10-14-19;1-12-6(11)7(8)2-3-9(4-7)5-10;1-2-3-4-5;/h7-16,18,21-23H,6,17,27H2,1-5H3,(H,28,32)(H,30,31);5H,2-4,8H2,1H3;2-5H2,1H3;/q-1;;;+1/t18?,21?,22?,23-;;;/m1.../s1. The average molecular weight is 722 g/mol. The maximum Gasteiger partial charge on any atom is 1.00 e. The van der Waals surface area contributed by atoms with Gasteiger partial charge in [0.2, 0.25) is 18.2 Å². The molecule has 0 radical (unpaired) electrons. The zero-order chi connectivity index (χ0) is 37.0. The number of ether oxygens (including phenoxy) is 1. The van der Waals surface area contributed by atoms with E-state index in [1.54, 1.807) is 0 Å². The summed E-state index contributed by atoms with van der Waals surface area (Å²) in [6, 6.07) is 18.2. The van der Waals surface area contributed by atoms with Crippen molar-refractivity contribution in [2.24, 2.45) is 22.6 Å². The molecule has 1 aliphatic heterocycles. The SMILES string of the molecule is CCCCN.CCNC(=O)C([N-][C@H](NC(=O)C(N)Cc1ccccc1)C(C)c1ccccc1)C(C)(C)C.COC(=O)C1(N)CCN(C=O)C1.[K+]. The molecule has 2 aromatic carbocycles. The van der Waals surface area contributed by atoms with Crippen LogP contribution in [0, 0.1) is 5.41 Å². The first-order valence-electron chi connectivity index (χ1n) is 17.1. The third-order valence-electron chi connectivity index (χ3n) is 8.08. The van der Waals surface area contributed by atoms with Gasteiger partial charge in [-0.25, -0.2) is 4.79 Å².